The van der Waals surface area contributed by atoms with E-state index in [0.29, 0.717) is 24.5 Å². The van der Waals surface area contributed by atoms with Gasteiger partial charge in [0.1, 0.15) is 5.69 Å². The Morgan fingerprint density at radius 2 is 2.27 bits per heavy atom. The molecule has 0 aliphatic rings. The van der Waals surface area contributed by atoms with Crippen molar-refractivity contribution in [3.63, 3.8) is 0 Å². The van der Waals surface area contributed by atoms with Crippen LogP contribution in [0.3, 0.4) is 0 Å². The van der Waals surface area contributed by atoms with E-state index in [2.05, 4.69) is 34.8 Å². The Hall–Kier alpha value is -0.385. The van der Waals surface area contributed by atoms with E-state index in [0.717, 1.165) is 6.08 Å². The van der Waals surface area contributed by atoms with Crippen molar-refractivity contribution in [3.05, 3.63) is 44.1 Å². The van der Waals surface area contributed by atoms with E-state index in [1.807, 2.05) is 0 Å². The maximum absolute atomic E-state index is 11.8. The molecule has 0 unspecified atom stereocenters. The van der Waals surface area contributed by atoms with Crippen molar-refractivity contribution in [2.75, 3.05) is 13.7 Å². The van der Waals surface area contributed by atoms with Crippen LogP contribution in [-0.4, -0.2) is 35.2 Å². The van der Waals surface area contributed by atoms with Crippen molar-refractivity contribution < 1.29 is 67.7 Å². The Balaban J connectivity index is 0. The van der Waals surface area contributed by atoms with Crippen LogP contribution in [0.4, 0.5) is 0 Å². The van der Waals surface area contributed by atoms with E-state index < -0.39 is 5.91 Å². The molecule has 0 saturated carbocycles. The van der Waals surface area contributed by atoms with Crippen molar-refractivity contribution in [1.82, 2.24) is 20.4 Å². The normalized spacial score (nSPS) is 10.1. The fourth-order valence-electron chi connectivity index (χ4n) is 1.25. The standard InChI is InChI=1S/C10H14N5O2.C3H7N.Rb/c1-4-9(13-11)12-10(16)8-5-7(6-17-3)14-15(8)2;1-3-4-2;/h1,4-5H,6,11H2,2-3H3,(H,12,13,16);4H,1-3H2;/q-1;-2;+1. The smallest absolute Gasteiger partial charge is 0.498 e. The molecule has 4 N–H and O–H groups in total. The zero-order chi connectivity index (χ0) is 16.3. The number of amides is 1. The summed E-state index contributed by atoms with van der Waals surface area (Å²) in [6.45, 7) is 9.68. The molecule has 9 heteroatoms. The summed E-state index contributed by atoms with van der Waals surface area (Å²) in [6, 6.07) is 1.61. The molecule has 0 bridgehead atoms. The average molecular weight is 379 g/mol. The maximum atomic E-state index is 11.8. The molecule has 1 aromatic rings. The van der Waals surface area contributed by atoms with Crippen LogP contribution in [0.1, 0.15) is 16.2 Å². The minimum absolute atomic E-state index is 0. The summed E-state index contributed by atoms with van der Waals surface area (Å²) >= 11 is 0. The van der Waals surface area contributed by atoms with Gasteiger partial charge in [-0.3, -0.25) is 28.2 Å². The predicted molar refractivity (Wildman–Crippen MR) is 80.6 cm³/mol. The fourth-order valence-corrected chi connectivity index (χ4v) is 1.25. The van der Waals surface area contributed by atoms with Crippen LogP contribution in [0.5, 0.6) is 0 Å². The SMILES string of the molecule is [CH-]=C/C(=N\N)NC(=O)c1cc(COC)nn1C.[CH2-]CN[CH2-].[Rb+]. The number of nitrogens with one attached hydrogen (secondary N) is 2. The Morgan fingerprint density at radius 1 is 1.68 bits per heavy atom. The van der Waals surface area contributed by atoms with E-state index in [-0.39, 0.29) is 64.0 Å². The molecule has 0 fully saturated rings. The van der Waals surface area contributed by atoms with Crippen molar-refractivity contribution >= 4 is 11.7 Å². The minimum atomic E-state index is -0.395. The fraction of sp³-hybridized carbons (Fsp3) is 0.308. The predicted octanol–water partition coefficient (Wildman–Crippen LogP) is -3.24. The second-order valence-electron chi connectivity index (χ2n) is 3.71. The molecule has 1 heterocycles. The number of hydrogen-bond acceptors (Lipinski definition) is 6. The van der Waals surface area contributed by atoms with Gasteiger partial charge in [0.15, 0.2) is 0 Å². The number of carbonyl (C=O) groups excluding carboxylic acids is 1. The van der Waals surface area contributed by atoms with Crippen molar-refractivity contribution in [2.24, 2.45) is 18.0 Å². The summed E-state index contributed by atoms with van der Waals surface area (Å²) in [5.41, 5.74) is 1.02. The number of nitrogens with two attached hydrogens (primary N) is 1. The topological polar surface area (TPSA) is 107 Å². The molecule has 1 rings (SSSR count). The van der Waals surface area contributed by atoms with Gasteiger partial charge in [-0.15, -0.1) is 0 Å². The third-order valence-corrected chi connectivity index (χ3v) is 2.17. The zero-order valence-corrected chi connectivity index (χ0v) is 18.2. The first kappa shape index (κ1) is 23.9. The summed E-state index contributed by atoms with van der Waals surface area (Å²) in [7, 11) is 6.50. The zero-order valence-electron chi connectivity index (χ0n) is 13.3. The molecule has 0 aromatic carbocycles. The largest absolute Gasteiger partial charge is 1.00 e. The van der Waals surface area contributed by atoms with Crippen LogP contribution in [-0.2, 0) is 18.4 Å². The summed E-state index contributed by atoms with van der Waals surface area (Å²) in [5.74, 6) is 4.71. The number of carbonyl (C=O) groups is 1. The van der Waals surface area contributed by atoms with Crippen LogP contribution < -0.4 is 74.7 Å². The molecule has 0 aliphatic heterocycles. The molecule has 0 atom stereocenters. The monoisotopic (exact) mass is 378 g/mol. The van der Waals surface area contributed by atoms with Gasteiger partial charge < -0.3 is 28.1 Å². The summed E-state index contributed by atoms with van der Waals surface area (Å²) in [5, 5.41) is 12.4. The van der Waals surface area contributed by atoms with Gasteiger partial charge in [0, 0.05) is 14.2 Å². The van der Waals surface area contributed by atoms with Crippen LogP contribution in [0.25, 0.3) is 0 Å². The number of hydrogen-bond donors (Lipinski definition) is 3. The molecular weight excluding hydrogens is 358 g/mol. The summed E-state index contributed by atoms with van der Waals surface area (Å²) < 4.78 is 6.36. The minimum Gasteiger partial charge on any atom is -0.498 e. The second-order valence-corrected chi connectivity index (χ2v) is 3.71. The van der Waals surface area contributed by atoms with Gasteiger partial charge in [-0.2, -0.15) is 17.7 Å². The molecule has 22 heavy (non-hydrogen) atoms. The number of amidine groups is 1. The number of aryl methyl sites for hydroxylation is 1. The van der Waals surface area contributed by atoms with Crippen LogP contribution >= 0.6 is 0 Å². The van der Waals surface area contributed by atoms with E-state index in [9.17, 15) is 4.79 Å². The average Bonchev–Trinajstić information content (AvgIpc) is 2.86. The van der Waals surface area contributed by atoms with Gasteiger partial charge in [0.2, 0.25) is 0 Å². The van der Waals surface area contributed by atoms with Gasteiger partial charge in [-0.1, -0.05) is 0 Å². The number of rotatable bonds is 5. The van der Waals surface area contributed by atoms with Crippen molar-refractivity contribution in [1.29, 1.82) is 0 Å². The number of aromatic nitrogens is 2. The van der Waals surface area contributed by atoms with Gasteiger partial charge in [-0.05, 0) is 11.9 Å². The molecule has 0 spiro atoms. The molecule has 118 valence electrons. The number of nitrogens with zero attached hydrogens (tertiary/aromatic N) is 3. The molecular formula is C13H21N6O2Rb-2. The molecule has 0 radical (unpaired) electrons. The first-order valence-corrected chi connectivity index (χ1v) is 5.99. The Kier molecular flexibility index (Phi) is 15.4. The van der Waals surface area contributed by atoms with Gasteiger partial charge in [-0.25, -0.2) is 0 Å². The molecule has 1 amide bonds. The number of methoxy groups -OCH3 is 1. The molecule has 0 aliphatic carbocycles. The number of hydrazone groups is 1. The molecule has 8 nitrogen and oxygen atoms in total. The van der Waals surface area contributed by atoms with E-state index in [1.54, 1.807) is 20.2 Å². The Labute approximate surface area is 180 Å². The first-order valence-electron chi connectivity index (χ1n) is 5.99. The summed E-state index contributed by atoms with van der Waals surface area (Å²) in [4.78, 5) is 11.8. The Bertz CT molecular complexity index is 485. The quantitative estimate of drug-likeness (QED) is 0.164. The number of ether oxygens (including phenoxy) is 1. The van der Waals surface area contributed by atoms with Crippen molar-refractivity contribution in [3.8, 4) is 0 Å². The summed E-state index contributed by atoms with van der Waals surface area (Å²) in [6.07, 6.45) is 1.10. The third-order valence-electron chi connectivity index (χ3n) is 2.17. The van der Waals surface area contributed by atoms with Crippen LogP contribution in [0, 0.1) is 20.6 Å². The van der Waals surface area contributed by atoms with Crippen molar-refractivity contribution in [2.45, 2.75) is 6.61 Å². The van der Waals surface area contributed by atoms with E-state index in [1.165, 1.54) is 4.68 Å². The Morgan fingerprint density at radius 3 is 2.68 bits per heavy atom. The molecule has 1 aromatic heterocycles. The maximum Gasteiger partial charge on any atom is 1.00 e. The third kappa shape index (κ3) is 8.91. The van der Waals surface area contributed by atoms with E-state index >= 15 is 0 Å². The second kappa shape index (κ2) is 14.2. The first-order chi connectivity index (χ1) is 10.0. The van der Waals surface area contributed by atoms with Gasteiger partial charge in [0.25, 0.3) is 5.91 Å². The van der Waals surface area contributed by atoms with Crippen LogP contribution in [0.15, 0.2) is 17.2 Å². The molecule has 0 saturated heterocycles. The van der Waals surface area contributed by atoms with Crippen LogP contribution in [0.2, 0.25) is 0 Å². The van der Waals surface area contributed by atoms with E-state index in [4.69, 9.17) is 17.2 Å². The van der Waals surface area contributed by atoms with Gasteiger partial charge in [0.05, 0.1) is 12.3 Å². The van der Waals surface area contributed by atoms with Gasteiger partial charge >= 0.3 is 58.2 Å².